The van der Waals surface area contributed by atoms with Gasteiger partial charge in [-0.2, -0.15) is 0 Å². The molecule has 1 aromatic carbocycles. The van der Waals surface area contributed by atoms with E-state index in [4.69, 9.17) is 4.74 Å². The van der Waals surface area contributed by atoms with Gasteiger partial charge in [0.1, 0.15) is 5.75 Å². The third kappa shape index (κ3) is 3.77. The fraction of sp³-hybridized carbons (Fsp3) is 0.308. The Labute approximate surface area is 95.4 Å². The molecule has 86 valence electrons. The Hall–Kier alpha value is -1.77. The number of aromatic hydroxyl groups is 1. The molecule has 0 radical (unpaired) electrons. The minimum Gasteiger partial charge on any atom is -0.508 e. The highest BCUT2D eigenvalue weighted by molar-refractivity contribution is 5.72. The molecule has 3 nitrogen and oxygen atoms in total. The summed E-state index contributed by atoms with van der Waals surface area (Å²) in [6, 6.07) is 5.38. The highest BCUT2D eigenvalue weighted by Gasteiger charge is 1.98. The fourth-order valence-electron chi connectivity index (χ4n) is 1.24. The molecule has 0 aliphatic carbocycles. The Bertz CT molecular complexity index is 394. The Morgan fingerprint density at radius 3 is 2.88 bits per heavy atom. The molecule has 3 heteroatoms. The van der Waals surface area contributed by atoms with Gasteiger partial charge in [0, 0.05) is 0 Å². The van der Waals surface area contributed by atoms with E-state index in [2.05, 4.69) is 0 Å². The van der Waals surface area contributed by atoms with Gasteiger partial charge in [-0.3, -0.25) is 4.79 Å². The van der Waals surface area contributed by atoms with E-state index in [-0.39, 0.29) is 18.1 Å². The van der Waals surface area contributed by atoms with Crippen LogP contribution in [-0.2, 0) is 9.53 Å². The molecular formula is C13H16O3. The number of carbonyl (C=O) groups excluding carboxylic acids is 1. The van der Waals surface area contributed by atoms with Crippen LogP contribution in [0.2, 0.25) is 0 Å². The van der Waals surface area contributed by atoms with E-state index in [1.165, 1.54) is 0 Å². The van der Waals surface area contributed by atoms with Gasteiger partial charge in [0.2, 0.25) is 0 Å². The van der Waals surface area contributed by atoms with Crippen LogP contribution in [0.4, 0.5) is 0 Å². The zero-order valence-corrected chi connectivity index (χ0v) is 9.56. The van der Waals surface area contributed by atoms with Gasteiger partial charge in [0.25, 0.3) is 0 Å². The van der Waals surface area contributed by atoms with Crippen molar-refractivity contribution in [2.75, 3.05) is 6.61 Å². The van der Waals surface area contributed by atoms with Crippen LogP contribution in [0, 0.1) is 6.92 Å². The van der Waals surface area contributed by atoms with Crippen molar-refractivity contribution in [2.45, 2.75) is 20.3 Å². The van der Waals surface area contributed by atoms with Crippen LogP contribution in [0.15, 0.2) is 24.3 Å². The summed E-state index contributed by atoms with van der Waals surface area (Å²) in [6.45, 7) is 4.01. The lowest BCUT2D eigenvalue weighted by molar-refractivity contribution is -0.142. The van der Waals surface area contributed by atoms with Crippen molar-refractivity contribution < 1.29 is 14.6 Å². The smallest absolute Gasteiger partial charge is 0.309 e. The molecule has 0 fully saturated rings. The number of phenolic OH excluding ortho intramolecular Hbond substituents is 1. The molecule has 0 unspecified atom stereocenters. The number of hydrogen-bond donors (Lipinski definition) is 1. The standard InChI is InChI=1S/C13H16O3/c1-3-16-13(15)6-4-5-11-8-7-10(2)12(14)9-11/h4-5,7-9,14H,3,6H2,1-2H3. The minimum atomic E-state index is -0.241. The van der Waals surface area contributed by atoms with Crippen molar-refractivity contribution in [1.29, 1.82) is 0 Å². The Kier molecular flexibility index (Phi) is 4.58. The molecule has 0 amide bonds. The number of phenols is 1. The molecule has 0 spiro atoms. The second-order valence-corrected chi connectivity index (χ2v) is 3.46. The first-order valence-corrected chi connectivity index (χ1v) is 5.25. The summed E-state index contributed by atoms with van der Waals surface area (Å²) in [5.41, 5.74) is 1.70. The van der Waals surface area contributed by atoms with Crippen molar-refractivity contribution in [1.82, 2.24) is 0 Å². The van der Waals surface area contributed by atoms with Gasteiger partial charge >= 0.3 is 5.97 Å². The number of hydrogen-bond acceptors (Lipinski definition) is 3. The average Bonchev–Trinajstić information content (AvgIpc) is 2.24. The molecule has 1 N–H and O–H groups in total. The van der Waals surface area contributed by atoms with E-state index in [9.17, 15) is 9.90 Å². The highest BCUT2D eigenvalue weighted by Crippen LogP contribution is 2.18. The number of aryl methyl sites for hydroxylation is 1. The third-order valence-electron chi connectivity index (χ3n) is 2.13. The predicted molar refractivity (Wildman–Crippen MR) is 63.1 cm³/mol. The van der Waals surface area contributed by atoms with Crippen LogP contribution >= 0.6 is 0 Å². The summed E-state index contributed by atoms with van der Waals surface area (Å²) in [7, 11) is 0. The molecule has 1 rings (SSSR count). The van der Waals surface area contributed by atoms with E-state index >= 15 is 0 Å². The lowest BCUT2D eigenvalue weighted by Gasteiger charge is -2.00. The zero-order valence-electron chi connectivity index (χ0n) is 9.56. The highest BCUT2D eigenvalue weighted by atomic mass is 16.5. The maximum absolute atomic E-state index is 11.0. The second kappa shape index (κ2) is 5.95. The van der Waals surface area contributed by atoms with Crippen LogP contribution in [0.3, 0.4) is 0 Å². The molecule has 16 heavy (non-hydrogen) atoms. The Balaban J connectivity index is 2.56. The first-order chi connectivity index (χ1) is 7.63. The second-order valence-electron chi connectivity index (χ2n) is 3.46. The maximum atomic E-state index is 11.0. The van der Waals surface area contributed by atoms with Crippen molar-refractivity contribution >= 4 is 12.0 Å². The Morgan fingerprint density at radius 2 is 2.25 bits per heavy atom. The molecule has 0 aliphatic rings. The Morgan fingerprint density at radius 1 is 1.50 bits per heavy atom. The van der Waals surface area contributed by atoms with Gasteiger partial charge in [-0.25, -0.2) is 0 Å². The SMILES string of the molecule is CCOC(=O)CC=Cc1ccc(C)c(O)c1. The fourth-order valence-corrected chi connectivity index (χ4v) is 1.24. The van der Waals surface area contributed by atoms with Crippen LogP contribution < -0.4 is 0 Å². The van der Waals surface area contributed by atoms with Crippen LogP contribution in [0.1, 0.15) is 24.5 Å². The van der Waals surface area contributed by atoms with Crippen molar-refractivity contribution in [3.05, 3.63) is 35.4 Å². The first-order valence-electron chi connectivity index (χ1n) is 5.25. The van der Waals surface area contributed by atoms with Crippen LogP contribution in [-0.4, -0.2) is 17.7 Å². The van der Waals surface area contributed by atoms with E-state index in [0.717, 1.165) is 11.1 Å². The molecule has 1 aromatic rings. The molecular weight excluding hydrogens is 204 g/mol. The number of carbonyl (C=O) groups is 1. The number of rotatable bonds is 4. The van der Waals surface area contributed by atoms with E-state index in [1.807, 2.05) is 19.1 Å². The number of ether oxygens (including phenoxy) is 1. The van der Waals surface area contributed by atoms with E-state index in [1.54, 1.807) is 25.1 Å². The molecule has 0 atom stereocenters. The summed E-state index contributed by atoms with van der Waals surface area (Å²) in [5, 5.41) is 9.47. The van der Waals surface area contributed by atoms with E-state index in [0.29, 0.717) is 6.61 Å². The minimum absolute atomic E-state index is 0.241. The molecule has 0 heterocycles. The molecule has 0 saturated heterocycles. The number of esters is 1. The normalized spacial score (nSPS) is 10.6. The van der Waals surface area contributed by atoms with Gasteiger partial charge in [-0.15, -0.1) is 0 Å². The lowest BCUT2D eigenvalue weighted by Crippen LogP contribution is -2.01. The molecule has 0 aliphatic heterocycles. The summed E-state index contributed by atoms with van der Waals surface area (Å²) in [5.74, 6) is 0.0216. The zero-order chi connectivity index (χ0) is 12.0. The van der Waals surface area contributed by atoms with Gasteiger partial charge in [0.05, 0.1) is 13.0 Å². The van der Waals surface area contributed by atoms with Crippen molar-refractivity contribution in [3.8, 4) is 5.75 Å². The van der Waals surface area contributed by atoms with Crippen LogP contribution in [0.25, 0.3) is 6.08 Å². The van der Waals surface area contributed by atoms with Crippen LogP contribution in [0.5, 0.6) is 5.75 Å². The summed E-state index contributed by atoms with van der Waals surface area (Å²) >= 11 is 0. The van der Waals surface area contributed by atoms with Gasteiger partial charge in [-0.1, -0.05) is 24.3 Å². The first kappa shape index (κ1) is 12.3. The summed E-state index contributed by atoms with van der Waals surface area (Å²) in [6.07, 6.45) is 3.76. The van der Waals surface area contributed by atoms with Crippen molar-refractivity contribution in [3.63, 3.8) is 0 Å². The monoisotopic (exact) mass is 220 g/mol. The van der Waals surface area contributed by atoms with Gasteiger partial charge < -0.3 is 9.84 Å². The average molecular weight is 220 g/mol. The van der Waals surface area contributed by atoms with Crippen molar-refractivity contribution in [2.24, 2.45) is 0 Å². The van der Waals surface area contributed by atoms with Gasteiger partial charge in [0.15, 0.2) is 0 Å². The summed E-state index contributed by atoms with van der Waals surface area (Å²) in [4.78, 5) is 11.0. The molecule has 0 aromatic heterocycles. The van der Waals surface area contributed by atoms with E-state index < -0.39 is 0 Å². The third-order valence-corrected chi connectivity index (χ3v) is 2.13. The largest absolute Gasteiger partial charge is 0.508 e. The summed E-state index contributed by atoms with van der Waals surface area (Å²) < 4.78 is 4.78. The topological polar surface area (TPSA) is 46.5 Å². The maximum Gasteiger partial charge on any atom is 0.309 e. The molecule has 0 bridgehead atoms. The number of benzene rings is 1. The lowest BCUT2D eigenvalue weighted by atomic mass is 10.1. The quantitative estimate of drug-likeness (QED) is 0.793. The predicted octanol–water partition coefficient (Wildman–Crippen LogP) is 2.67. The molecule has 0 saturated carbocycles. The van der Waals surface area contributed by atoms with Gasteiger partial charge in [-0.05, 0) is 31.0 Å².